The summed E-state index contributed by atoms with van der Waals surface area (Å²) >= 11 is 0. The molecule has 0 saturated heterocycles. The molecule has 3 rings (SSSR count). The average molecular weight is 335 g/mol. The van der Waals surface area contributed by atoms with Gasteiger partial charge in [-0.2, -0.15) is 0 Å². The lowest BCUT2D eigenvalue weighted by Crippen LogP contribution is -2.20. The lowest BCUT2D eigenvalue weighted by atomic mass is 10.1. The first-order valence-electron chi connectivity index (χ1n) is 7.92. The molecule has 0 unspecified atom stereocenters. The monoisotopic (exact) mass is 335 g/mol. The zero-order chi connectivity index (χ0) is 17.6. The minimum Gasteiger partial charge on any atom is -0.497 e. The molecule has 0 spiro atoms. The fraction of sp³-hybridized carbons (Fsp3) is 0.0952. The van der Waals surface area contributed by atoms with E-state index in [0.717, 1.165) is 27.6 Å². The molecular formula is C21H18FNO2. The summed E-state index contributed by atoms with van der Waals surface area (Å²) in [4.78, 5) is 11.9. The largest absolute Gasteiger partial charge is 0.497 e. The van der Waals surface area contributed by atoms with Crippen LogP contribution in [-0.4, -0.2) is 13.0 Å². The molecule has 0 radical (unpaired) electrons. The van der Waals surface area contributed by atoms with Crippen molar-refractivity contribution in [2.45, 2.75) is 6.54 Å². The van der Waals surface area contributed by atoms with Gasteiger partial charge in [0.2, 0.25) is 5.91 Å². The number of halogens is 1. The van der Waals surface area contributed by atoms with Crippen LogP contribution in [0.25, 0.3) is 16.8 Å². The Morgan fingerprint density at radius 2 is 1.76 bits per heavy atom. The highest BCUT2D eigenvalue weighted by molar-refractivity contribution is 5.93. The molecule has 3 aromatic rings. The second-order valence-electron chi connectivity index (χ2n) is 5.65. The van der Waals surface area contributed by atoms with E-state index in [9.17, 15) is 9.18 Å². The van der Waals surface area contributed by atoms with Crippen molar-refractivity contribution in [3.63, 3.8) is 0 Å². The van der Waals surface area contributed by atoms with Gasteiger partial charge >= 0.3 is 0 Å². The number of amides is 1. The summed E-state index contributed by atoms with van der Waals surface area (Å²) in [5, 5.41) is 4.94. The highest BCUT2D eigenvalue weighted by Crippen LogP contribution is 2.22. The fourth-order valence-corrected chi connectivity index (χ4v) is 2.50. The highest BCUT2D eigenvalue weighted by Gasteiger charge is 2.00. The third-order valence-electron chi connectivity index (χ3n) is 3.88. The number of methoxy groups -OCH3 is 1. The van der Waals surface area contributed by atoms with E-state index in [-0.39, 0.29) is 11.7 Å². The number of hydrogen-bond donors (Lipinski definition) is 1. The second-order valence-corrected chi connectivity index (χ2v) is 5.65. The van der Waals surface area contributed by atoms with Crippen molar-refractivity contribution >= 4 is 22.8 Å². The van der Waals surface area contributed by atoms with Crippen LogP contribution in [0.15, 0.2) is 66.7 Å². The SMILES string of the molecule is COc1ccc2cc(/C=C/C(=O)NCc3ccc(F)cc3)ccc2c1. The Morgan fingerprint density at radius 1 is 1.04 bits per heavy atom. The summed E-state index contributed by atoms with van der Waals surface area (Å²) < 4.78 is 18.1. The van der Waals surface area contributed by atoms with Crippen molar-refractivity contribution in [3.8, 4) is 5.75 Å². The summed E-state index contributed by atoms with van der Waals surface area (Å²) in [6, 6.07) is 17.9. The van der Waals surface area contributed by atoms with Gasteiger partial charge in [-0.15, -0.1) is 0 Å². The first kappa shape index (κ1) is 16.7. The molecule has 0 aromatic heterocycles. The normalized spacial score (nSPS) is 11.0. The third-order valence-corrected chi connectivity index (χ3v) is 3.88. The Morgan fingerprint density at radius 3 is 2.52 bits per heavy atom. The van der Waals surface area contributed by atoms with Crippen LogP contribution in [0.3, 0.4) is 0 Å². The number of carbonyl (C=O) groups excluding carboxylic acids is 1. The van der Waals surface area contributed by atoms with E-state index in [0.29, 0.717) is 6.54 Å². The lowest BCUT2D eigenvalue weighted by Gasteiger charge is -2.04. The van der Waals surface area contributed by atoms with Crippen LogP contribution in [0.4, 0.5) is 4.39 Å². The molecule has 3 nitrogen and oxygen atoms in total. The van der Waals surface area contributed by atoms with E-state index in [1.165, 1.54) is 18.2 Å². The zero-order valence-electron chi connectivity index (χ0n) is 13.8. The van der Waals surface area contributed by atoms with Gasteiger partial charge < -0.3 is 10.1 Å². The number of hydrogen-bond acceptors (Lipinski definition) is 2. The minimum absolute atomic E-state index is 0.195. The highest BCUT2D eigenvalue weighted by atomic mass is 19.1. The molecule has 0 aliphatic carbocycles. The molecule has 25 heavy (non-hydrogen) atoms. The number of benzene rings is 3. The predicted molar refractivity (Wildman–Crippen MR) is 97.8 cm³/mol. The molecule has 0 heterocycles. The van der Waals surface area contributed by atoms with Crippen LogP contribution in [0.1, 0.15) is 11.1 Å². The third kappa shape index (κ3) is 4.44. The van der Waals surface area contributed by atoms with Crippen molar-refractivity contribution in [1.82, 2.24) is 5.32 Å². The van der Waals surface area contributed by atoms with Crippen molar-refractivity contribution in [2.24, 2.45) is 0 Å². The van der Waals surface area contributed by atoms with Crippen LogP contribution in [-0.2, 0) is 11.3 Å². The maximum Gasteiger partial charge on any atom is 0.244 e. The Kier molecular flexibility index (Phi) is 5.09. The lowest BCUT2D eigenvalue weighted by molar-refractivity contribution is -0.116. The number of nitrogens with one attached hydrogen (secondary N) is 1. The van der Waals surface area contributed by atoms with E-state index < -0.39 is 0 Å². The van der Waals surface area contributed by atoms with Gasteiger partial charge in [-0.1, -0.05) is 30.3 Å². The smallest absolute Gasteiger partial charge is 0.244 e. The van der Waals surface area contributed by atoms with Crippen molar-refractivity contribution in [3.05, 3.63) is 83.7 Å². The first-order chi connectivity index (χ1) is 12.1. The molecule has 0 saturated carbocycles. The Hall–Kier alpha value is -3.14. The van der Waals surface area contributed by atoms with Gasteiger partial charge in [0.05, 0.1) is 7.11 Å². The van der Waals surface area contributed by atoms with Gasteiger partial charge in [-0.25, -0.2) is 4.39 Å². The van der Waals surface area contributed by atoms with E-state index in [2.05, 4.69) is 5.32 Å². The van der Waals surface area contributed by atoms with E-state index in [4.69, 9.17) is 4.74 Å². The zero-order valence-corrected chi connectivity index (χ0v) is 13.8. The van der Waals surface area contributed by atoms with E-state index >= 15 is 0 Å². The summed E-state index contributed by atoms with van der Waals surface area (Å²) in [5.41, 5.74) is 1.79. The van der Waals surface area contributed by atoms with E-state index in [1.54, 1.807) is 25.3 Å². The minimum atomic E-state index is -0.288. The standard InChI is InChI=1S/C21H18FNO2/c1-25-20-10-7-17-12-15(2-6-18(17)13-20)5-11-21(24)23-14-16-3-8-19(22)9-4-16/h2-13H,14H2,1H3,(H,23,24)/b11-5+. The van der Waals surface area contributed by atoms with Gasteiger partial charge in [-0.05, 0) is 58.3 Å². The molecule has 0 bridgehead atoms. The number of carbonyl (C=O) groups is 1. The number of rotatable bonds is 5. The molecule has 126 valence electrons. The molecule has 1 amide bonds. The predicted octanol–water partition coefficient (Wildman–Crippen LogP) is 4.32. The molecule has 0 aliphatic rings. The van der Waals surface area contributed by atoms with Crippen LogP contribution in [0.5, 0.6) is 5.75 Å². The van der Waals surface area contributed by atoms with E-state index in [1.807, 2.05) is 36.4 Å². The van der Waals surface area contributed by atoms with Crippen LogP contribution >= 0.6 is 0 Å². The summed E-state index contributed by atoms with van der Waals surface area (Å²) in [6.07, 6.45) is 3.26. The average Bonchev–Trinajstić information content (AvgIpc) is 2.65. The number of fused-ring (bicyclic) bond motifs is 1. The van der Waals surface area contributed by atoms with Crippen molar-refractivity contribution < 1.29 is 13.9 Å². The Labute approximate surface area is 145 Å². The van der Waals surface area contributed by atoms with Crippen LogP contribution < -0.4 is 10.1 Å². The molecular weight excluding hydrogens is 317 g/mol. The maximum atomic E-state index is 12.8. The van der Waals surface area contributed by atoms with Gasteiger partial charge in [0.15, 0.2) is 0 Å². The van der Waals surface area contributed by atoms with Crippen molar-refractivity contribution in [2.75, 3.05) is 7.11 Å². The number of ether oxygens (including phenoxy) is 1. The fourth-order valence-electron chi connectivity index (χ4n) is 2.50. The molecule has 0 atom stereocenters. The van der Waals surface area contributed by atoms with Gasteiger partial charge in [-0.3, -0.25) is 4.79 Å². The van der Waals surface area contributed by atoms with Crippen LogP contribution in [0, 0.1) is 5.82 Å². The topological polar surface area (TPSA) is 38.3 Å². The molecule has 1 N–H and O–H groups in total. The molecule has 0 aliphatic heterocycles. The molecule has 4 heteroatoms. The van der Waals surface area contributed by atoms with Gasteiger partial charge in [0, 0.05) is 12.6 Å². The molecule has 3 aromatic carbocycles. The van der Waals surface area contributed by atoms with Crippen molar-refractivity contribution in [1.29, 1.82) is 0 Å². The second kappa shape index (κ2) is 7.62. The Bertz CT molecular complexity index is 917. The summed E-state index contributed by atoms with van der Waals surface area (Å²) in [7, 11) is 1.64. The van der Waals surface area contributed by atoms with Gasteiger partial charge in [0.25, 0.3) is 0 Å². The summed E-state index contributed by atoms with van der Waals surface area (Å²) in [5.74, 6) is 0.332. The van der Waals surface area contributed by atoms with Gasteiger partial charge in [0.1, 0.15) is 11.6 Å². The summed E-state index contributed by atoms with van der Waals surface area (Å²) in [6.45, 7) is 0.362. The first-order valence-corrected chi connectivity index (χ1v) is 7.92. The maximum absolute atomic E-state index is 12.8. The molecule has 0 fully saturated rings. The Balaban J connectivity index is 1.63. The quantitative estimate of drug-likeness (QED) is 0.705. The van der Waals surface area contributed by atoms with Crippen LogP contribution in [0.2, 0.25) is 0 Å².